The van der Waals surface area contributed by atoms with Crippen LogP contribution in [0.25, 0.3) is 0 Å². The van der Waals surface area contributed by atoms with E-state index in [4.69, 9.17) is 5.41 Å². The van der Waals surface area contributed by atoms with Crippen LogP contribution >= 0.6 is 0 Å². The summed E-state index contributed by atoms with van der Waals surface area (Å²) in [5, 5.41) is 24.2. The molecule has 3 heterocycles. The van der Waals surface area contributed by atoms with Gasteiger partial charge in [-0.1, -0.05) is 0 Å². The van der Waals surface area contributed by atoms with Crippen LogP contribution in [0.2, 0.25) is 0 Å². The van der Waals surface area contributed by atoms with E-state index in [2.05, 4.69) is 20.4 Å². The van der Waals surface area contributed by atoms with Crippen molar-refractivity contribution in [2.45, 2.75) is 18.7 Å². The van der Waals surface area contributed by atoms with Crippen LogP contribution in [0.3, 0.4) is 0 Å². The second-order valence-electron chi connectivity index (χ2n) is 8.05. The van der Waals surface area contributed by atoms with Gasteiger partial charge in [-0.25, -0.2) is 9.37 Å². The Morgan fingerprint density at radius 1 is 1.32 bits per heavy atom. The van der Waals surface area contributed by atoms with Gasteiger partial charge in [0.15, 0.2) is 5.67 Å². The van der Waals surface area contributed by atoms with E-state index in [1.54, 1.807) is 29.3 Å². The first-order valence-corrected chi connectivity index (χ1v) is 9.95. The molecule has 2 saturated heterocycles. The maximum atomic E-state index is 14.3. The second kappa shape index (κ2) is 8.01. The molecule has 0 aliphatic carbocycles. The Morgan fingerprint density at radius 2 is 2.00 bits per heavy atom. The Hall–Kier alpha value is -2.85. The zero-order valence-electron chi connectivity index (χ0n) is 17.0. The number of hydrogen-bond donors (Lipinski definition) is 4. The highest BCUT2D eigenvalue weighted by atomic mass is 19.3. The molecular formula is C21H24F3N5O2. The number of nitrogens with one attached hydrogen (secondary N) is 3. The maximum absolute atomic E-state index is 14.3. The van der Waals surface area contributed by atoms with E-state index < -0.39 is 18.4 Å². The number of aliphatic hydroxyl groups is 1. The summed E-state index contributed by atoms with van der Waals surface area (Å²) in [7, 11) is 0. The van der Waals surface area contributed by atoms with Crippen molar-refractivity contribution in [2.75, 3.05) is 43.0 Å². The van der Waals surface area contributed by atoms with E-state index in [9.17, 15) is 18.3 Å². The topological polar surface area (TPSA) is 93.5 Å². The van der Waals surface area contributed by atoms with Crippen LogP contribution in [0.4, 0.5) is 30.4 Å². The molecule has 7 nitrogen and oxygen atoms in total. The Bertz CT molecular complexity index is 954. The average Bonchev–Trinajstić information content (AvgIpc) is 2.64. The van der Waals surface area contributed by atoms with Gasteiger partial charge in [-0.05, 0) is 30.3 Å². The van der Waals surface area contributed by atoms with E-state index in [-0.39, 0.29) is 24.8 Å². The van der Waals surface area contributed by atoms with Crippen LogP contribution in [0.15, 0.2) is 36.5 Å². The van der Waals surface area contributed by atoms with Gasteiger partial charge >= 0.3 is 6.11 Å². The van der Waals surface area contributed by atoms with E-state index in [1.165, 1.54) is 12.1 Å². The first-order valence-electron chi connectivity index (χ1n) is 9.95. The average molecular weight is 435 g/mol. The fourth-order valence-electron chi connectivity index (χ4n) is 3.63. The Kier molecular flexibility index (Phi) is 5.52. The molecule has 2 aliphatic heterocycles. The molecule has 0 atom stereocenters. The van der Waals surface area contributed by atoms with Crippen LogP contribution in [-0.2, 0) is 0 Å². The molecule has 4 rings (SSSR count). The molecule has 10 heteroatoms. The smallest absolute Gasteiger partial charge is 0.394 e. The summed E-state index contributed by atoms with van der Waals surface area (Å²) in [4.78, 5) is 6.16. The summed E-state index contributed by atoms with van der Waals surface area (Å²) in [6, 6.07) is 7.72. The molecular weight excluding hydrogens is 411 g/mol. The van der Waals surface area contributed by atoms with E-state index >= 15 is 0 Å². The molecule has 0 radical (unpaired) electrons. The molecule has 1 aromatic heterocycles. The molecule has 1 aromatic carbocycles. The van der Waals surface area contributed by atoms with Crippen molar-refractivity contribution in [1.29, 1.82) is 5.41 Å². The number of hydrogen-bond acceptors (Lipinski definition) is 7. The lowest BCUT2D eigenvalue weighted by molar-refractivity contribution is -0.158. The van der Waals surface area contributed by atoms with Crippen molar-refractivity contribution in [3.8, 4) is 5.75 Å². The molecule has 166 valence electrons. The number of benzene rings is 1. The van der Waals surface area contributed by atoms with Crippen LogP contribution in [0, 0.1) is 11.3 Å². The first kappa shape index (κ1) is 21.4. The molecule has 2 aromatic rings. The third-order valence-electron chi connectivity index (χ3n) is 5.37. The monoisotopic (exact) mass is 435 g/mol. The summed E-state index contributed by atoms with van der Waals surface area (Å²) >= 11 is 0. The van der Waals surface area contributed by atoms with E-state index in [0.29, 0.717) is 48.5 Å². The minimum atomic E-state index is -3.28. The van der Waals surface area contributed by atoms with Crippen LogP contribution in [0.1, 0.15) is 12.5 Å². The standard InChI is InChI=1S/C21H24F3N5O2/c1-20(22,23)31-15-4-2-14(3-5-15)28-19-17(18(25)13-8-26-9-13)16(6-7-27-19)29-10-21(24,11-29)12-30/h2-7,13,25-26,30H,8-12H2,1H3,(H,27,28). The molecule has 0 spiro atoms. The number of rotatable bonds is 8. The van der Waals surface area contributed by atoms with Crippen molar-refractivity contribution >= 4 is 22.9 Å². The molecule has 31 heavy (non-hydrogen) atoms. The van der Waals surface area contributed by atoms with Crippen LogP contribution in [-0.4, -0.2) is 60.4 Å². The van der Waals surface area contributed by atoms with Gasteiger partial charge in [0, 0.05) is 37.8 Å². The fraction of sp³-hybridized carbons (Fsp3) is 0.429. The highest BCUT2D eigenvalue weighted by Crippen LogP contribution is 2.37. The SMILES string of the molecule is CC(F)(F)Oc1ccc(Nc2nccc(N3CC(F)(CO)C3)c2C(=N)C2CNC2)cc1. The first-order chi connectivity index (χ1) is 14.7. The van der Waals surface area contributed by atoms with Gasteiger partial charge in [0.1, 0.15) is 11.6 Å². The van der Waals surface area contributed by atoms with Crippen molar-refractivity contribution in [2.24, 2.45) is 5.92 Å². The largest absolute Gasteiger partial charge is 0.433 e. The van der Waals surface area contributed by atoms with Crippen LogP contribution in [0.5, 0.6) is 5.75 Å². The second-order valence-corrected chi connectivity index (χ2v) is 8.05. The predicted molar refractivity (Wildman–Crippen MR) is 112 cm³/mol. The lowest BCUT2D eigenvalue weighted by Gasteiger charge is -2.46. The summed E-state index contributed by atoms with van der Waals surface area (Å²) in [5.41, 5.74) is 0.549. The van der Waals surface area contributed by atoms with Gasteiger partial charge in [-0.3, -0.25) is 0 Å². The lowest BCUT2D eigenvalue weighted by Crippen LogP contribution is -2.61. The molecule has 2 aliphatic rings. The third kappa shape index (κ3) is 4.59. The van der Waals surface area contributed by atoms with E-state index in [0.717, 1.165) is 0 Å². The summed E-state index contributed by atoms with van der Waals surface area (Å²) in [5.74, 6) is 0.460. The van der Waals surface area contributed by atoms with Crippen LogP contribution < -0.4 is 20.3 Å². The van der Waals surface area contributed by atoms with Crippen molar-refractivity contribution in [1.82, 2.24) is 10.3 Å². The van der Waals surface area contributed by atoms with Gasteiger partial charge in [0.2, 0.25) is 0 Å². The van der Waals surface area contributed by atoms with Crippen molar-refractivity contribution in [3.63, 3.8) is 0 Å². The normalized spacial score (nSPS) is 18.2. The molecule has 0 amide bonds. The number of aliphatic hydroxyl groups excluding tert-OH is 1. The molecule has 0 bridgehead atoms. The highest BCUT2D eigenvalue weighted by molar-refractivity contribution is 6.09. The van der Waals surface area contributed by atoms with Gasteiger partial charge in [0.25, 0.3) is 0 Å². The molecule has 4 N–H and O–H groups in total. The zero-order chi connectivity index (χ0) is 22.2. The van der Waals surface area contributed by atoms with Gasteiger partial charge in [-0.15, -0.1) is 0 Å². The lowest BCUT2D eigenvalue weighted by atomic mass is 9.89. The summed E-state index contributed by atoms with van der Waals surface area (Å²) in [6.07, 6.45) is -1.71. The Morgan fingerprint density at radius 3 is 2.55 bits per heavy atom. The predicted octanol–water partition coefficient (Wildman–Crippen LogP) is 2.92. The van der Waals surface area contributed by atoms with E-state index in [1.807, 2.05) is 0 Å². The fourth-order valence-corrected chi connectivity index (χ4v) is 3.63. The maximum Gasteiger partial charge on any atom is 0.394 e. The van der Waals surface area contributed by atoms with Crippen molar-refractivity contribution in [3.05, 3.63) is 42.1 Å². The number of alkyl halides is 3. The minimum absolute atomic E-state index is 0.0142. The Labute approximate surface area is 177 Å². The highest BCUT2D eigenvalue weighted by Gasteiger charge is 2.44. The molecule has 0 saturated carbocycles. The Balaban J connectivity index is 1.61. The summed E-state index contributed by atoms with van der Waals surface area (Å²) < 4.78 is 44.9. The molecule has 2 fully saturated rings. The number of aromatic nitrogens is 1. The van der Waals surface area contributed by atoms with Gasteiger partial charge in [-0.2, -0.15) is 8.78 Å². The quantitative estimate of drug-likeness (QED) is 0.477. The number of pyridine rings is 1. The number of ether oxygens (including phenoxy) is 1. The molecule has 0 unspecified atom stereocenters. The summed E-state index contributed by atoms with van der Waals surface area (Å²) in [6.45, 7) is 1.53. The van der Waals surface area contributed by atoms with Gasteiger partial charge in [0.05, 0.1) is 36.7 Å². The van der Waals surface area contributed by atoms with Gasteiger partial charge < -0.3 is 30.8 Å². The number of anilines is 3. The number of nitrogens with zero attached hydrogens (tertiary/aromatic N) is 2. The minimum Gasteiger partial charge on any atom is -0.433 e. The zero-order valence-corrected chi connectivity index (χ0v) is 17.0. The van der Waals surface area contributed by atoms with Crippen molar-refractivity contribution < 1.29 is 23.0 Å². The number of halogens is 3. The third-order valence-corrected chi connectivity index (χ3v) is 5.37.